The van der Waals surface area contributed by atoms with E-state index in [4.69, 9.17) is 47.9 Å². The fraction of sp³-hybridized carbons (Fsp3) is 0.189. The molecule has 0 aliphatic heterocycles. The minimum atomic E-state index is -0.704. The number of benzene rings is 6. The van der Waals surface area contributed by atoms with Crippen molar-refractivity contribution in [2.75, 3.05) is 37.1 Å². The van der Waals surface area contributed by atoms with Gasteiger partial charge in [-0.25, -0.2) is 36.7 Å². The minimum Gasteiger partial charge on any atom is -0.490 e. The Hall–Kier alpha value is -7.64. The molecule has 2 aliphatic rings. The second kappa shape index (κ2) is 26.9. The zero-order valence-corrected chi connectivity index (χ0v) is 41.3. The Kier molecular flexibility index (Phi) is 20.2. The van der Waals surface area contributed by atoms with Crippen molar-refractivity contribution in [2.45, 2.75) is 37.8 Å². The first-order valence-electron chi connectivity index (χ1n) is 22.6. The predicted molar refractivity (Wildman–Crippen MR) is 272 cm³/mol. The number of imidazole rings is 1. The quantitative estimate of drug-likeness (QED) is 0.0640. The van der Waals surface area contributed by atoms with Crippen LogP contribution in [0, 0.1) is 23.3 Å². The molecule has 2 aliphatic carbocycles. The molecule has 6 aromatic carbocycles. The van der Waals surface area contributed by atoms with Gasteiger partial charge in [0, 0.05) is 52.1 Å². The van der Waals surface area contributed by atoms with E-state index in [9.17, 15) is 36.7 Å². The molecule has 0 bridgehead atoms. The van der Waals surface area contributed by atoms with Crippen molar-refractivity contribution < 1.29 is 55.7 Å². The summed E-state index contributed by atoms with van der Waals surface area (Å²) in [5.74, 6) is -1.54. The number of alkyl carbamates (subject to hydrolysis) is 1. The van der Waals surface area contributed by atoms with Crippen LogP contribution in [0.15, 0.2) is 140 Å². The number of nitrogens with two attached hydrogens (primary N) is 1. The van der Waals surface area contributed by atoms with Gasteiger partial charge in [0.15, 0.2) is 0 Å². The van der Waals surface area contributed by atoms with Gasteiger partial charge in [0.1, 0.15) is 67.5 Å². The summed E-state index contributed by atoms with van der Waals surface area (Å²) in [4.78, 5) is 52.5. The number of aromatic nitrogens is 2. The maximum absolute atomic E-state index is 14.7. The van der Waals surface area contributed by atoms with E-state index in [1.54, 1.807) is 12.1 Å². The summed E-state index contributed by atoms with van der Waals surface area (Å²) < 4.78 is 77.2. The van der Waals surface area contributed by atoms with Gasteiger partial charge in [0.05, 0.1) is 16.1 Å². The van der Waals surface area contributed by atoms with Crippen molar-refractivity contribution in [1.29, 1.82) is 0 Å². The fourth-order valence-electron chi connectivity index (χ4n) is 7.82. The molecule has 0 unspecified atom stereocenters. The van der Waals surface area contributed by atoms with Gasteiger partial charge in [-0.1, -0.05) is 59.6 Å². The van der Waals surface area contributed by atoms with E-state index < -0.39 is 47.5 Å². The summed E-state index contributed by atoms with van der Waals surface area (Å²) in [5.41, 5.74) is 9.00. The molecule has 14 nitrogen and oxygen atoms in total. The molecule has 0 radical (unpaired) electrons. The highest BCUT2D eigenvalue weighted by Crippen LogP contribution is 2.37. The molecule has 7 aromatic rings. The van der Waals surface area contributed by atoms with Crippen LogP contribution in [0.2, 0.25) is 10.0 Å². The molecular formula is C53H47Cl3F4N6O8. The molecule has 0 saturated carbocycles. The summed E-state index contributed by atoms with van der Waals surface area (Å²) in [5, 5.41) is 7.73. The lowest BCUT2D eigenvalue weighted by Gasteiger charge is -2.16. The Morgan fingerprint density at radius 3 is 1.62 bits per heavy atom. The van der Waals surface area contributed by atoms with Crippen molar-refractivity contribution >= 4 is 71.0 Å². The van der Waals surface area contributed by atoms with Crippen LogP contribution in [0.5, 0.6) is 11.5 Å². The molecule has 9 rings (SSSR count). The van der Waals surface area contributed by atoms with E-state index in [0.717, 1.165) is 11.8 Å². The second-order valence-corrected chi connectivity index (χ2v) is 16.9. The summed E-state index contributed by atoms with van der Waals surface area (Å²) in [6, 6.07) is 30.4. The first kappa shape index (κ1) is 55.7. The van der Waals surface area contributed by atoms with E-state index in [2.05, 4.69) is 20.9 Å². The molecule has 1 aromatic heterocycles. The van der Waals surface area contributed by atoms with Crippen molar-refractivity contribution in [3.05, 3.63) is 207 Å². The fourth-order valence-corrected chi connectivity index (χ4v) is 8.18. The van der Waals surface area contributed by atoms with Gasteiger partial charge in [0.25, 0.3) is 11.8 Å². The monoisotopic (exact) mass is 1080 g/mol. The Balaban J connectivity index is 0.000000192. The Morgan fingerprint density at radius 2 is 1.11 bits per heavy atom. The van der Waals surface area contributed by atoms with Crippen LogP contribution in [0.3, 0.4) is 0 Å². The molecule has 74 heavy (non-hydrogen) atoms. The van der Waals surface area contributed by atoms with Crippen molar-refractivity contribution in [2.24, 2.45) is 5.73 Å². The largest absolute Gasteiger partial charge is 0.490 e. The third-order valence-electron chi connectivity index (χ3n) is 11.2. The van der Waals surface area contributed by atoms with Gasteiger partial charge >= 0.3 is 12.2 Å². The average Bonchev–Trinajstić information content (AvgIpc) is 4.17. The predicted octanol–water partition coefficient (Wildman–Crippen LogP) is 11.8. The molecule has 2 atom stereocenters. The number of halogens is 7. The number of nitrogens with one attached hydrogen (secondary N) is 3. The van der Waals surface area contributed by atoms with E-state index >= 15 is 0 Å². The Bertz CT molecular complexity index is 3050. The van der Waals surface area contributed by atoms with Gasteiger partial charge in [-0.2, -0.15) is 0 Å². The number of nitrogens with zero attached hydrogens (tertiary/aromatic N) is 2. The number of carbonyl (C=O) groups excluding carboxylic acids is 4. The SMILES string of the molecule is Cl.N[C@H]1CCc2c(C(=O)Nc3ccc(F)c(Cl)c3)ccc(F)c21.O=C(N[C@H]1CCc2c(C(=O)Nc3ccc(F)c(Cl)c3)ccc(F)c21)OCCOc1ccccc1.O=C(OCCOc1ccccc1)n1ccnc1. The Morgan fingerprint density at radius 1 is 0.622 bits per heavy atom. The van der Waals surface area contributed by atoms with E-state index in [1.807, 2.05) is 48.5 Å². The number of hydrogen-bond acceptors (Lipinski definition) is 10. The lowest BCUT2D eigenvalue weighted by atomic mass is 10.0. The van der Waals surface area contributed by atoms with Gasteiger partial charge < -0.3 is 40.6 Å². The average molecular weight is 1080 g/mol. The number of fused-ring (bicyclic) bond motifs is 2. The summed E-state index contributed by atoms with van der Waals surface area (Å²) >= 11 is 11.5. The third kappa shape index (κ3) is 15.0. The van der Waals surface area contributed by atoms with Crippen molar-refractivity contribution in [3.8, 4) is 11.5 Å². The highest BCUT2D eigenvalue weighted by atomic mass is 35.5. The van der Waals surface area contributed by atoms with E-state index in [0.29, 0.717) is 71.7 Å². The summed E-state index contributed by atoms with van der Waals surface area (Å²) in [7, 11) is 0. The van der Waals surface area contributed by atoms with E-state index in [1.165, 1.54) is 77.9 Å². The number of rotatable bonds is 13. The van der Waals surface area contributed by atoms with Crippen LogP contribution in [-0.2, 0) is 22.3 Å². The standard InChI is InChI=1S/C25H21ClF2N2O4.C16H13ClF2N2O.C12H12N2O3.ClH/c26-19-14-15(6-9-20(19)27)29-24(31)18-7-10-21(28)23-17(18)8-11-22(23)30-25(32)34-13-12-33-16-4-2-1-3-5-16;17-11-7-8(1-4-12(11)18)21-16(22)10-2-5-13(19)15-9(10)3-6-14(15)20;15-12(14-7-6-13-10-14)17-9-8-16-11-4-2-1-3-5-11;/h1-7,9-10,14,22H,8,11-13H2,(H,29,31)(H,30,32);1-2,4-5,7,14H,3,6,20H2,(H,21,22);1-7,10H,8-9H2;1H/t22-;14-;;/m00../s1. The topological polar surface area (TPSA) is 185 Å². The van der Waals surface area contributed by atoms with E-state index in [-0.39, 0.29) is 65.3 Å². The van der Waals surface area contributed by atoms with Crippen LogP contribution in [0.4, 0.5) is 38.5 Å². The molecule has 386 valence electrons. The van der Waals surface area contributed by atoms with Crippen molar-refractivity contribution in [1.82, 2.24) is 14.9 Å². The van der Waals surface area contributed by atoms with Crippen LogP contribution < -0.4 is 31.2 Å². The number of carbonyl (C=O) groups is 4. The number of ether oxygens (including phenoxy) is 4. The Labute approximate surface area is 438 Å². The maximum Gasteiger partial charge on any atom is 0.419 e. The summed E-state index contributed by atoms with van der Waals surface area (Å²) in [6.07, 6.45) is 5.24. The normalized spacial score (nSPS) is 13.7. The lowest BCUT2D eigenvalue weighted by Crippen LogP contribution is -2.29. The van der Waals surface area contributed by atoms with Gasteiger partial charge in [-0.05, 0) is 122 Å². The first-order valence-corrected chi connectivity index (χ1v) is 23.4. The highest BCUT2D eigenvalue weighted by Gasteiger charge is 2.32. The molecule has 5 N–H and O–H groups in total. The van der Waals surface area contributed by atoms with Gasteiger partial charge in [0.2, 0.25) is 0 Å². The zero-order chi connectivity index (χ0) is 51.9. The molecule has 21 heteroatoms. The second-order valence-electron chi connectivity index (χ2n) is 16.1. The van der Waals surface area contributed by atoms with Gasteiger partial charge in [-0.3, -0.25) is 9.59 Å². The van der Waals surface area contributed by atoms with Crippen LogP contribution in [0.1, 0.15) is 67.9 Å². The zero-order valence-electron chi connectivity index (χ0n) is 39.0. The number of para-hydroxylation sites is 2. The summed E-state index contributed by atoms with van der Waals surface area (Å²) in [6.45, 7) is 0.715. The molecule has 1 heterocycles. The van der Waals surface area contributed by atoms with Gasteiger partial charge in [-0.15, -0.1) is 12.4 Å². The third-order valence-corrected chi connectivity index (χ3v) is 11.8. The highest BCUT2D eigenvalue weighted by molar-refractivity contribution is 6.31. The lowest BCUT2D eigenvalue weighted by molar-refractivity contribution is 0.101. The first-order chi connectivity index (χ1) is 35.2. The van der Waals surface area contributed by atoms with Crippen LogP contribution in [-0.4, -0.2) is 60.0 Å². The molecule has 0 spiro atoms. The van der Waals surface area contributed by atoms with Crippen LogP contribution in [0.25, 0.3) is 0 Å². The maximum atomic E-state index is 14.7. The van der Waals surface area contributed by atoms with Crippen LogP contribution >= 0.6 is 35.6 Å². The molecule has 0 saturated heterocycles. The number of amides is 3. The minimum absolute atomic E-state index is 0. The molecule has 0 fully saturated rings. The smallest absolute Gasteiger partial charge is 0.419 e. The number of hydrogen-bond donors (Lipinski definition) is 4. The molecule has 3 amide bonds. The molecular weight excluding hydrogens is 1030 g/mol. The van der Waals surface area contributed by atoms with Crippen molar-refractivity contribution in [3.63, 3.8) is 0 Å². The number of anilines is 2.